The maximum Gasteiger partial charge on any atom is 0.234 e. The maximum absolute atomic E-state index is 11.9. The van der Waals surface area contributed by atoms with Crippen LogP contribution in [0.15, 0.2) is 5.16 Å². The van der Waals surface area contributed by atoms with E-state index in [1.807, 2.05) is 20.9 Å². The van der Waals surface area contributed by atoms with Gasteiger partial charge in [0.15, 0.2) is 5.16 Å². The van der Waals surface area contributed by atoms with Crippen LogP contribution in [-0.2, 0) is 18.4 Å². The van der Waals surface area contributed by atoms with E-state index in [4.69, 9.17) is 5.73 Å². The molecule has 0 aliphatic heterocycles. The molecule has 2 rings (SSSR count). The molecule has 0 saturated carbocycles. The first kappa shape index (κ1) is 14.5. The van der Waals surface area contributed by atoms with Gasteiger partial charge in [-0.15, -0.1) is 10.2 Å². The predicted molar refractivity (Wildman–Crippen MR) is 76.3 cm³/mol. The second-order valence-corrected chi connectivity index (χ2v) is 5.25. The van der Waals surface area contributed by atoms with Crippen LogP contribution in [0.25, 0.3) is 0 Å². The summed E-state index contributed by atoms with van der Waals surface area (Å²) in [5.74, 6) is 0.829. The zero-order chi connectivity index (χ0) is 14.7. The van der Waals surface area contributed by atoms with E-state index in [0.29, 0.717) is 17.5 Å². The maximum atomic E-state index is 11.9. The Hall–Kier alpha value is -1.87. The summed E-state index contributed by atoms with van der Waals surface area (Å²) in [5.41, 5.74) is 7.86. The van der Waals surface area contributed by atoms with Crippen LogP contribution >= 0.6 is 11.8 Å². The lowest BCUT2D eigenvalue weighted by atomic mass is 10.3. The van der Waals surface area contributed by atoms with Crippen molar-refractivity contribution in [3.8, 4) is 0 Å². The van der Waals surface area contributed by atoms with Gasteiger partial charge in [-0.3, -0.25) is 9.89 Å². The zero-order valence-corrected chi connectivity index (χ0v) is 12.4. The van der Waals surface area contributed by atoms with Crippen molar-refractivity contribution in [3.63, 3.8) is 0 Å². The van der Waals surface area contributed by atoms with Crippen molar-refractivity contribution < 1.29 is 4.79 Å². The zero-order valence-electron chi connectivity index (χ0n) is 11.6. The fraction of sp³-hybridized carbons (Fsp3) is 0.455. The molecule has 20 heavy (non-hydrogen) atoms. The van der Waals surface area contributed by atoms with Crippen LogP contribution in [0.5, 0.6) is 0 Å². The number of nitrogens with two attached hydrogens (primary N) is 1. The number of carbonyl (C=O) groups is 1. The number of aryl methyl sites for hydroxylation is 2. The summed E-state index contributed by atoms with van der Waals surface area (Å²) in [7, 11) is 1.83. The third-order valence-electron chi connectivity index (χ3n) is 2.83. The lowest BCUT2D eigenvalue weighted by molar-refractivity contribution is -0.113. The van der Waals surface area contributed by atoms with E-state index in [-0.39, 0.29) is 11.7 Å². The number of nitrogens with one attached hydrogen (secondary N) is 2. The van der Waals surface area contributed by atoms with E-state index in [1.165, 1.54) is 11.8 Å². The Labute approximate surface area is 120 Å². The third-order valence-corrected chi connectivity index (χ3v) is 3.85. The van der Waals surface area contributed by atoms with Gasteiger partial charge >= 0.3 is 0 Å². The van der Waals surface area contributed by atoms with Crippen molar-refractivity contribution in [2.75, 3.05) is 11.1 Å². The Morgan fingerprint density at radius 2 is 2.20 bits per heavy atom. The van der Waals surface area contributed by atoms with Crippen LogP contribution in [-0.4, -0.2) is 36.6 Å². The minimum Gasteiger partial charge on any atom is -0.324 e. The molecule has 1 amide bonds. The van der Waals surface area contributed by atoms with Crippen molar-refractivity contribution in [1.82, 2.24) is 25.0 Å². The first-order chi connectivity index (χ1) is 9.52. The van der Waals surface area contributed by atoms with Gasteiger partial charge in [0.2, 0.25) is 5.91 Å². The molecule has 0 aromatic carbocycles. The van der Waals surface area contributed by atoms with Gasteiger partial charge in [0.1, 0.15) is 5.82 Å². The molecule has 2 heterocycles. The molecule has 0 spiro atoms. The van der Waals surface area contributed by atoms with Crippen LogP contribution in [0.4, 0.5) is 5.69 Å². The Bertz CT molecular complexity index is 599. The molecule has 8 nitrogen and oxygen atoms in total. The normalized spacial score (nSPS) is 10.8. The molecule has 0 radical (unpaired) electrons. The molecule has 0 atom stereocenters. The fourth-order valence-corrected chi connectivity index (χ4v) is 2.42. The van der Waals surface area contributed by atoms with Crippen molar-refractivity contribution in [1.29, 1.82) is 0 Å². The van der Waals surface area contributed by atoms with Crippen molar-refractivity contribution in [3.05, 3.63) is 17.2 Å². The summed E-state index contributed by atoms with van der Waals surface area (Å²) >= 11 is 1.32. The van der Waals surface area contributed by atoms with Crippen LogP contribution in [0.1, 0.15) is 17.2 Å². The Morgan fingerprint density at radius 1 is 1.45 bits per heavy atom. The van der Waals surface area contributed by atoms with Gasteiger partial charge in [-0.05, 0) is 13.8 Å². The van der Waals surface area contributed by atoms with Crippen LogP contribution < -0.4 is 11.1 Å². The van der Waals surface area contributed by atoms with Gasteiger partial charge in [-0.1, -0.05) is 11.8 Å². The Morgan fingerprint density at radius 3 is 2.75 bits per heavy atom. The molecular formula is C11H17N7OS. The van der Waals surface area contributed by atoms with Gasteiger partial charge in [-0.2, -0.15) is 5.10 Å². The summed E-state index contributed by atoms with van der Waals surface area (Å²) in [6, 6.07) is 0. The second-order valence-electron chi connectivity index (χ2n) is 4.31. The average Bonchev–Trinajstić information content (AvgIpc) is 2.93. The quantitative estimate of drug-likeness (QED) is 0.685. The molecule has 0 aliphatic rings. The van der Waals surface area contributed by atoms with E-state index in [1.54, 1.807) is 4.57 Å². The molecule has 0 bridgehead atoms. The van der Waals surface area contributed by atoms with Crippen LogP contribution in [0.3, 0.4) is 0 Å². The number of aromatic amines is 1. The number of hydrogen-bond acceptors (Lipinski definition) is 6. The summed E-state index contributed by atoms with van der Waals surface area (Å²) in [6.07, 6.45) is 0. The summed E-state index contributed by atoms with van der Waals surface area (Å²) in [4.78, 5) is 11.9. The fourth-order valence-electron chi connectivity index (χ4n) is 1.69. The number of hydrogen-bond donors (Lipinski definition) is 3. The lowest BCUT2D eigenvalue weighted by Gasteiger charge is -2.05. The first-order valence-corrected chi connectivity index (χ1v) is 7.04. The largest absolute Gasteiger partial charge is 0.324 e. The number of carbonyl (C=O) groups excluding carboxylic acids is 1. The number of nitrogens with zero attached hydrogens (tertiary/aromatic N) is 4. The second kappa shape index (κ2) is 6.06. The van der Waals surface area contributed by atoms with Gasteiger partial charge in [0, 0.05) is 7.05 Å². The lowest BCUT2D eigenvalue weighted by Crippen LogP contribution is -2.15. The topological polar surface area (TPSA) is 115 Å². The van der Waals surface area contributed by atoms with E-state index in [2.05, 4.69) is 25.7 Å². The summed E-state index contributed by atoms with van der Waals surface area (Å²) in [5, 5.41) is 18.3. The summed E-state index contributed by atoms with van der Waals surface area (Å²) in [6.45, 7) is 4.02. The molecule has 108 valence electrons. The predicted octanol–water partition coefficient (Wildman–Crippen LogP) is 0.345. The van der Waals surface area contributed by atoms with Crippen molar-refractivity contribution in [2.24, 2.45) is 12.8 Å². The number of aromatic nitrogens is 5. The van der Waals surface area contributed by atoms with Crippen LogP contribution in [0.2, 0.25) is 0 Å². The summed E-state index contributed by atoms with van der Waals surface area (Å²) < 4.78 is 1.78. The molecule has 0 aliphatic carbocycles. The molecule has 0 unspecified atom stereocenters. The van der Waals surface area contributed by atoms with Crippen molar-refractivity contribution in [2.45, 2.75) is 25.5 Å². The molecule has 0 fully saturated rings. The molecule has 4 N–H and O–H groups in total. The standard InChI is InChI=1S/C11H17N7OS/c1-6-10(7(2)15-14-6)13-9(19)5-20-11-17-16-8(4-12)18(11)3/h4-5,12H2,1-3H3,(H,13,19)(H,14,15). The van der Waals surface area contributed by atoms with Gasteiger partial charge in [0.05, 0.1) is 29.4 Å². The smallest absolute Gasteiger partial charge is 0.234 e. The highest BCUT2D eigenvalue weighted by Gasteiger charge is 2.13. The van der Waals surface area contributed by atoms with E-state index in [9.17, 15) is 4.79 Å². The number of anilines is 1. The number of H-pyrrole nitrogens is 1. The highest BCUT2D eigenvalue weighted by molar-refractivity contribution is 7.99. The first-order valence-electron chi connectivity index (χ1n) is 6.05. The monoisotopic (exact) mass is 295 g/mol. The van der Waals surface area contributed by atoms with Gasteiger partial charge < -0.3 is 15.6 Å². The average molecular weight is 295 g/mol. The van der Waals surface area contributed by atoms with Gasteiger partial charge in [-0.25, -0.2) is 0 Å². The number of thioether (sulfide) groups is 1. The molecule has 2 aromatic heterocycles. The SMILES string of the molecule is Cc1n[nH]c(C)c1NC(=O)CSc1nnc(CN)n1C. The Balaban J connectivity index is 1.94. The van der Waals surface area contributed by atoms with E-state index in [0.717, 1.165) is 17.1 Å². The van der Waals surface area contributed by atoms with E-state index < -0.39 is 0 Å². The highest BCUT2D eigenvalue weighted by atomic mass is 32.2. The Kier molecular flexibility index (Phi) is 4.40. The number of amides is 1. The van der Waals surface area contributed by atoms with Gasteiger partial charge in [0.25, 0.3) is 0 Å². The molecule has 9 heteroatoms. The molecular weight excluding hydrogens is 278 g/mol. The van der Waals surface area contributed by atoms with Crippen molar-refractivity contribution >= 4 is 23.4 Å². The number of rotatable bonds is 5. The minimum absolute atomic E-state index is 0.111. The third kappa shape index (κ3) is 2.99. The van der Waals surface area contributed by atoms with Crippen LogP contribution in [0, 0.1) is 13.8 Å². The minimum atomic E-state index is -0.111. The molecule has 2 aromatic rings. The van der Waals surface area contributed by atoms with E-state index >= 15 is 0 Å². The molecule has 0 saturated heterocycles. The highest BCUT2D eigenvalue weighted by Crippen LogP contribution is 2.19.